The predicted octanol–water partition coefficient (Wildman–Crippen LogP) is 0.685. The van der Waals surface area contributed by atoms with E-state index in [9.17, 15) is 0 Å². The van der Waals surface area contributed by atoms with Gasteiger partial charge in [-0.05, 0) is 26.2 Å². The fraction of sp³-hybridized carbons (Fsp3) is 1.00. The summed E-state index contributed by atoms with van der Waals surface area (Å²) in [5.41, 5.74) is -0.0190. The molecule has 2 saturated heterocycles. The van der Waals surface area contributed by atoms with E-state index >= 15 is 0 Å². The summed E-state index contributed by atoms with van der Waals surface area (Å²) in [6, 6.07) is 0.893. The molecule has 2 fully saturated rings. The molecule has 94 valence electrons. The van der Waals surface area contributed by atoms with Crippen LogP contribution in [0, 0.1) is 0 Å². The summed E-state index contributed by atoms with van der Waals surface area (Å²) in [6.45, 7) is 4.79. The lowest BCUT2D eigenvalue weighted by Crippen LogP contribution is -2.49. The highest BCUT2D eigenvalue weighted by atomic mass is 16.6. The maximum atomic E-state index is 8.89. The van der Waals surface area contributed by atoms with Gasteiger partial charge in [0, 0.05) is 38.3 Å². The van der Waals surface area contributed by atoms with E-state index in [4.69, 9.17) is 14.6 Å². The molecule has 0 aromatic heterocycles. The Labute approximate surface area is 97.3 Å². The molecule has 2 aliphatic rings. The summed E-state index contributed by atoms with van der Waals surface area (Å²) in [4.78, 5) is 0. The van der Waals surface area contributed by atoms with E-state index in [0.717, 1.165) is 45.5 Å². The maximum absolute atomic E-state index is 8.89. The molecule has 16 heavy (non-hydrogen) atoms. The van der Waals surface area contributed by atoms with Gasteiger partial charge in [0.2, 0.25) is 0 Å². The average Bonchev–Trinajstić information content (AvgIpc) is 2.66. The number of aliphatic hydroxyl groups is 1. The first-order valence-corrected chi connectivity index (χ1v) is 6.33. The minimum Gasteiger partial charge on any atom is -0.396 e. The van der Waals surface area contributed by atoms with Gasteiger partial charge in [-0.3, -0.25) is 0 Å². The minimum atomic E-state index is -0.0190. The van der Waals surface area contributed by atoms with Crippen molar-refractivity contribution in [2.75, 3.05) is 26.4 Å². The quantitative estimate of drug-likeness (QED) is 0.744. The van der Waals surface area contributed by atoms with Crippen molar-refractivity contribution in [3.05, 3.63) is 0 Å². The third-order valence-electron chi connectivity index (χ3n) is 3.64. The second-order valence-electron chi connectivity index (χ2n) is 5.10. The molecular formula is C12H23NO3. The fourth-order valence-electron chi connectivity index (χ4n) is 2.71. The van der Waals surface area contributed by atoms with Gasteiger partial charge in [-0.25, -0.2) is 0 Å². The van der Waals surface area contributed by atoms with E-state index in [1.54, 1.807) is 0 Å². The summed E-state index contributed by atoms with van der Waals surface area (Å²) in [5, 5.41) is 12.5. The van der Waals surface area contributed by atoms with E-state index in [1.165, 1.54) is 0 Å². The first-order chi connectivity index (χ1) is 7.74. The molecule has 4 nitrogen and oxygen atoms in total. The number of aliphatic hydroxyl groups excluding tert-OH is 1. The highest BCUT2D eigenvalue weighted by Crippen LogP contribution is 2.32. The standard InChI is InChI=1S/C12H23NO3/c1-10(2-5-14)13-11-3-6-16-12(8-11)4-7-15-9-12/h10-11,13-14H,2-9H2,1H3. The lowest BCUT2D eigenvalue weighted by molar-refractivity contribution is -0.0903. The summed E-state index contributed by atoms with van der Waals surface area (Å²) in [6.07, 6.45) is 3.96. The van der Waals surface area contributed by atoms with Crippen molar-refractivity contribution in [2.24, 2.45) is 0 Å². The Morgan fingerprint density at radius 3 is 3.06 bits per heavy atom. The van der Waals surface area contributed by atoms with Crippen LogP contribution in [-0.4, -0.2) is 49.2 Å². The van der Waals surface area contributed by atoms with Crippen LogP contribution in [0.15, 0.2) is 0 Å². The Kier molecular flexibility index (Phi) is 4.19. The molecule has 0 aromatic rings. The Hall–Kier alpha value is -0.160. The molecule has 3 atom stereocenters. The predicted molar refractivity (Wildman–Crippen MR) is 61.4 cm³/mol. The van der Waals surface area contributed by atoms with Crippen LogP contribution in [0.4, 0.5) is 0 Å². The number of nitrogens with one attached hydrogen (secondary N) is 1. The molecule has 0 bridgehead atoms. The highest BCUT2D eigenvalue weighted by molar-refractivity contribution is 4.93. The Morgan fingerprint density at radius 1 is 1.50 bits per heavy atom. The van der Waals surface area contributed by atoms with Crippen molar-refractivity contribution in [1.82, 2.24) is 5.32 Å². The molecule has 0 saturated carbocycles. The van der Waals surface area contributed by atoms with Crippen LogP contribution in [0.3, 0.4) is 0 Å². The normalized spacial score (nSPS) is 36.8. The molecule has 3 unspecified atom stereocenters. The Morgan fingerprint density at radius 2 is 2.38 bits per heavy atom. The zero-order valence-electron chi connectivity index (χ0n) is 10.1. The highest BCUT2D eigenvalue weighted by Gasteiger charge is 2.41. The Bertz CT molecular complexity index is 216. The van der Waals surface area contributed by atoms with Crippen LogP contribution < -0.4 is 5.32 Å². The van der Waals surface area contributed by atoms with Gasteiger partial charge in [-0.15, -0.1) is 0 Å². The van der Waals surface area contributed by atoms with Crippen molar-refractivity contribution >= 4 is 0 Å². The van der Waals surface area contributed by atoms with Crippen LogP contribution in [-0.2, 0) is 9.47 Å². The van der Waals surface area contributed by atoms with Crippen LogP contribution in [0.1, 0.15) is 32.6 Å². The lowest BCUT2D eigenvalue weighted by Gasteiger charge is -2.38. The summed E-state index contributed by atoms with van der Waals surface area (Å²) in [5.74, 6) is 0. The monoisotopic (exact) mass is 229 g/mol. The summed E-state index contributed by atoms with van der Waals surface area (Å²) >= 11 is 0. The molecule has 0 aromatic carbocycles. The molecule has 4 heteroatoms. The molecule has 0 radical (unpaired) electrons. The van der Waals surface area contributed by atoms with E-state index in [-0.39, 0.29) is 12.2 Å². The first kappa shape index (κ1) is 12.3. The number of hydrogen-bond acceptors (Lipinski definition) is 4. The van der Waals surface area contributed by atoms with E-state index in [2.05, 4.69) is 12.2 Å². The third kappa shape index (κ3) is 2.94. The van der Waals surface area contributed by atoms with Crippen molar-refractivity contribution in [1.29, 1.82) is 0 Å². The maximum Gasteiger partial charge on any atom is 0.0951 e. The van der Waals surface area contributed by atoms with Crippen LogP contribution >= 0.6 is 0 Å². The van der Waals surface area contributed by atoms with Crippen molar-refractivity contribution < 1.29 is 14.6 Å². The largest absolute Gasteiger partial charge is 0.396 e. The second-order valence-corrected chi connectivity index (χ2v) is 5.10. The van der Waals surface area contributed by atoms with Crippen molar-refractivity contribution in [3.8, 4) is 0 Å². The summed E-state index contributed by atoms with van der Waals surface area (Å²) in [7, 11) is 0. The van der Waals surface area contributed by atoms with E-state index in [1.807, 2.05) is 0 Å². The van der Waals surface area contributed by atoms with Gasteiger partial charge in [-0.2, -0.15) is 0 Å². The molecule has 2 N–H and O–H groups in total. The smallest absolute Gasteiger partial charge is 0.0951 e. The lowest BCUT2D eigenvalue weighted by atomic mass is 9.89. The van der Waals surface area contributed by atoms with Gasteiger partial charge in [0.05, 0.1) is 12.2 Å². The van der Waals surface area contributed by atoms with Gasteiger partial charge >= 0.3 is 0 Å². The van der Waals surface area contributed by atoms with Gasteiger partial charge in [0.25, 0.3) is 0 Å². The Balaban J connectivity index is 1.82. The number of hydrogen-bond donors (Lipinski definition) is 2. The van der Waals surface area contributed by atoms with Crippen LogP contribution in [0.2, 0.25) is 0 Å². The van der Waals surface area contributed by atoms with Crippen molar-refractivity contribution in [3.63, 3.8) is 0 Å². The topological polar surface area (TPSA) is 50.7 Å². The van der Waals surface area contributed by atoms with Gasteiger partial charge in [0.15, 0.2) is 0 Å². The van der Waals surface area contributed by atoms with Crippen molar-refractivity contribution in [2.45, 2.75) is 50.3 Å². The molecule has 0 aliphatic carbocycles. The van der Waals surface area contributed by atoms with Gasteiger partial charge < -0.3 is 19.9 Å². The van der Waals surface area contributed by atoms with Crippen LogP contribution in [0.5, 0.6) is 0 Å². The second kappa shape index (κ2) is 5.45. The molecule has 2 heterocycles. The molecular weight excluding hydrogens is 206 g/mol. The average molecular weight is 229 g/mol. The molecule has 2 aliphatic heterocycles. The van der Waals surface area contributed by atoms with Crippen LogP contribution in [0.25, 0.3) is 0 Å². The third-order valence-corrected chi connectivity index (χ3v) is 3.64. The molecule has 2 rings (SSSR count). The number of ether oxygens (including phenoxy) is 2. The van der Waals surface area contributed by atoms with E-state index in [0.29, 0.717) is 12.1 Å². The molecule has 0 amide bonds. The fourth-order valence-corrected chi connectivity index (χ4v) is 2.71. The minimum absolute atomic E-state index is 0.0190. The summed E-state index contributed by atoms with van der Waals surface area (Å²) < 4.78 is 11.3. The van der Waals surface area contributed by atoms with Gasteiger partial charge in [-0.1, -0.05) is 0 Å². The number of rotatable bonds is 4. The zero-order chi connectivity index (χ0) is 11.4. The first-order valence-electron chi connectivity index (χ1n) is 6.33. The zero-order valence-corrected chi connectivity index (χ0v) is 10.1. The SMILES string of the molecule is CC(CCO)NC1CCOC2(CCOC2)C1. The van der Waals surface area contributed by atoms with Gasteiger partial charge in [0.1, 0.15) is 0 Å². The van der Waals surface area contributed by atoms with E-state index < -0.39 is 0 Å². The molecule has 1 spiro atoms.